The number of halogens is 1. The van der Waals surface area contributed by atoms with Crippen LogP contribution in [0.5, 0.6) is 0 Å². The molecule has 1 heterocycles. The quantitative estimate of drug-likeness (QED) is 0.783. The average molecular weight is 271 g/mol. The zero-order chi connectivity index (χ0) is 11.9. The second-order valence-electron chi connectivity index (χ2n) is 5.84. The average Bonchev–Trinajstić information content (AvgIpc) is 2.94. The summed E-state index contributed by atoms with van der Waals surface area (Å²) in [6.45, 7) is 0. The van der Waals surface area contributed by atoms with E-state index in [2.05, 4.69) is 0 Å². The Hall–Kier alpha value is -0.0500. The van der Waals surface area contributed by atoms with E-state index in [-0.39, 0.29) is 0 Å². The zero-order valence-corrected chi connectivity index (χ0v) is 11.6. The summed E-state index contributed by atoms with van der Waals surface area (Å²) in [5.74, 6) is 0. The Labute approximate surface area is 112 Å². The summed E-state index contributed by atoms with van der Waals surface area (Å²) < 4.78 is 0. The summed E-state index contributed by atoms with van der Waals surface area (Å²) in [5, 5.41) is 13.5. The maximum atomic E-state index is 10.8. The number of hydrogen-bond acceptors (Lipinski definition) is 2. The van der Waals surface area contributed by atoms with Crippen LogP contribution in [0.3, 0.4) is 0 Å². The van der Waals surface area contributed by atoms with Gasteiger partial charge in [0.15, 0.2) is 0 Å². The summed E-state index contributed by atoms with van der Waals surface area (Å²) in [6.07, 6.45) is 9.68. The molecular formula is C14H19ClOS. The van der Waals surface area contributed by atoms with Crippen LogP contribution in [0.4, 0.5) is 0 Å². The first-order valence-electron chi connectivity index (χ1n) is 6.60. The molecule has 1 aromatic rings. The Morgan fingerprint density at radius 3 is 2.24 bits per heavy atom. The van der Waals surface area contributed by atoms with Crippen LogP contribution in [0.2, 0.25) is 5.02 Å². The van der Waals surface area contributed by atoms with Crippen LogP contribution in [-0.2, 0) is 5.60 Å². The minimum Gasteiger partial charge on any atom is -0.384 e. The molecule has 0 aliphatic heterocycles. The smallest absolute Gasteiger partial charge is 0.100 e. The minimum atomic E-state index is -0.640. The van der Waals surface area contributed by atoms with Crippen molar-refractivity contribution in [1.29, 1.82) is 0 Å². The van der Waals surface area contributed by atoms with E-state index in [9.17, 15) is 5.11 Å². The van der Waals surface area contributed by atoms with E-state index in [1.165, 1.54) is 38.5 Å². The van der Waals surface area contributed by atoms with Gasteiger partial charge in [0.25, 0.3) is 0 Å². The van der Waals surface area contributed by atoms with Crippen molar-refractivity contribution in [3.63, 3.8) is 0 Å². The summed E-state index contributed by atoms with van der Waals surface area (Å²) >= 11 is 7.77. The van der Waals surface area contributed by atoms with Crippen molar-refractivity contribution in [2.24, 2.45) is 5.41 Å². The Morgan fingerprint density at radius 1 is 1.06 bits per heavy atom. The van der Waals surface area contributed by atoms with Gasteiger partial charge in [0.1, 0.15) is 5.60 Å². The normalized spacial score (nSPS) is 26.5. The number of hydrogen-bond donors (Lipinski definition) is 1. The SMILES string of the molecule is OC1(c2sccc2Cl)CCC2(CCCC2)CC1. The second kappa shape index (κ2) is 4.25. The highest BCUT2D eigenvalue weighted by molar-refractivity contribution is 7.10. The summed E-state index contributed by atoms with van der Waals surface area (Å²) in [4.78, 5) is 0.993. The van der Waals surface area contributed by atoms with Gasteiger partial charge in [0.05, 0.1) is 9.90 Å². The van der Waals surface area contributed by atoms with Gasteiger partial charge in [-0.3, -0.25) is 0 Å². The van der Waals surface area contributed by atoms with Crippen molar-refractivity contribution in [1.82, 2.24) is 0 Å². The molecular weight excluding hydrogens is 252 g/mol. The molecule has 17 heavy (non-hydrogen) atoms. The van der Waals surface area contributed by atoms with Crippen molar-refractivity contribution in [3.8, 4) is 0 Å². The lowest BCUT2D eigenvalue weighted by molar-refractivity contribution is -0.0347. The van der Waals surface area contributed by atoms with E-state index in [1.807, 2.05) is 11.4 Å². The van der Waals surface area contributed by atoms with Crippen molar-refractivity contribution in [2.75, 3.05) is 0 Å². The van der Waals surface area contributed by atoms with Gasteiger partial charge in [-0.05, 0) is 55.4 Å². The summed E-state index contributed by atoms with van der Waals surface area (Å²) in [6, 6.07) is 1.90. The highest BCUT2D eigenvalue weighted by Crippen LogP contribution is 2.54. The van der Waals surface area contributed by atoms with E-state index in [4.69, 9.17) is 11.6 Å². The molecule has 0 unspecified atom stereocenters. The Bertz CT molecular complexity index is 396. The molecule has 2 saturated carbocycles. The van der Waals surface area contributed by atoms with Gasteiger partial charge >= 0.3 is 0 Å². The Balaban J connectivity index is 1.77. The van der Waals surface area contributed by atoms with E-state index in [0.29, 0.717) is 5.41 Å². The summed E-state index contributed by atoms with van der Waals surface area (Å²) in [7, 11) is 0. The third-order valence-corrected chi connectivity index (χ3v) is 6.38. The van der Waals surface area contributed by atoms with Gasteiger partial charge in [0, 0.05) is 0 Å². The largest absolute Gasteiger partial charge is 0.384 e. The molecule has 0 atom stereocenters. The minimum absolute atomic E-state index is 0.565. The lowest BCUT2D eigenvalue weighted by Gasteiger charge is -2.42. The van der Waals surface area contributed by atoms with Crippen LogP contribution in [0, 0.1) is 5.41 Å². The molecule has 1 nitrogen and oxygen atoms in total. The monoisotopic (exact) mass is 270 g/mol. The topological polar surface area (TPSA) is 20.2 Å². The maximum absolute atomic E-state index is 10.8. The predicted molar refractivity (Wildman–Crippen MR) is 72.6 cm³/mol. The fourth-order valence-electron chi connectivity index (χ4n) is 3.67. The van der Waals surface area contributed by atoms with Gasteiger partial charge in [-0.1, -0.05) is 24.4 Å². The standard InChI is InChI=1S/C14H19ClOS/c15-11-3-10-17-12(11)14(16)8-6-13(7-9-14)4-1-2-5-13/h3,10,16H,1-2,4-9H2. The van der Waals surface area contributed by atoms with E-state index < -0.39 is 5.60 Å². The van der Waals surface area contributed by atoms with E-state index in [0.717, 1.165) is 22.7 Å². The van der Waals surface area contributed by atoms with Crippen molar-refractivity contribution in [2.45, 2.75) is 57.0 Å². The third-order valence-electron chi connectivity index (χ3n) is 4.84. The highest BCUT2D eigenvalue weighted by atomic mass is 35.5. The third kappa shape index (κ3) is 2.05. The number of thiophene rings is 1. The van der Waals surface area contributed by atoms with Crippen LogP contribution in [0.25, 0.3) is 0 Å². The molecule has 0 aromatic carbocycles. The molecule has 0 saturated heterocycles. The molecule has 0 amide bonds. The fourth-order valence-corrected chi connectivity index (χ4v) is 5.06. The summed E-state index contributed by atoms with van der Waals surface area (Å²) in [5.41, 5.74) is -0.0743. The van der Waals surface area contributed by atoms with E-state index >= 15 is 0 Å². The molecule has 2 aliphatic carbocycles. The second-order valence-corrected chi connectivity index (χ2v) is 7.16. The Morgan fingerprint density at radius 2 is 1.71 bits per heavy atom. The van der Waals surface area contributed by atoms with Crippen LogP contribution in [0.1, 0.15) is 56.2 Å². The predicted octanol–water partition coefficient (Wildman–Crippen LogP) is 4.72. The lowest BCUT2D eigenvalue weighted by Crippen LogP contribution is -2.35. The molecule has 3 heteroatoms. The zero-order valence-electron chi connectivity index (χ0n) is 10.0. The highest BCUT2D eigenvalue weighted by Gasteiger charge is 2.44. The molecule has 94 valence electrons. The van der Waals surface area contributed by atoms with Gasteiger partial charge in [-0.25, -0.2) is 0 Å². The molecule has 2 aliphatic rings. The van der Waals surface area contributed by atoms with Crippen molar-refractivity contribution in [3.05, 3.63) is 21.3 Å². The number of aliphatic hydroxyl groups is 1. The molecule has 0 bridgehead atoms. The van der Waals surface area contributed by atoms with Gasteiger partial charge < -0.3 is 5.11 Å². The van der Waals surface area contributed by atoms with Gasteiger partial charge in [-0.15, -0.1) is 11.3 Å². The lowest BCUT2D eigenvalue weighted by atomic mass is 9.67. The maximum Gasteiger partial charge on any atom is 0.100 e. The van der Waals surface area contributed by atoms with Crippen LogP contribution in [0.15, 0.2) is 11.4 Å². The molecule has 1 N–H and O–H groups in total. The molecule has 0 radical (unpaired) electrons. The van der Waals surface area contributed by atoms with Gasteiger partial charge in [0.2, 0.25) is 0 Å². The van der Waals surface area contributed by atoms with Crippen LogP contribution in [-0.4, -0.2) is 5.11 Å². The number of rotatable bonds is 1. The molecule has 1 spiro atoms. The molecule has 3 rings (SSSR count). The molecule has 1 aromatic heterocycles. The van der Waals surface area contributed by atoms with Crippen molar-refractivity contribution >= 4 is 22.9 Å². The first-order chi connectivity index (χ1) is 8.14. The Kier molecular flexibility index (Phi) is 3.00. The fraction of sp³-hybridized carbons (Fsp3) is 0.714. The molecule has 2 fully saturated rings. The first kappa shape index (κ1) is 12.0. The van der Waals surface area contributed by atoms with Gasteiger partial charge in [-0.2, -0.15) is 0 Å². The first-order valence-corrected chi connectivity index (χ1v) is 7.85. The van der Waals surface area contributed by atoms with Crippen molar-refractivity contribution < 1.29 is 5.11 Å². The van der Waals surface area contributed by atoms with Crippen LogP contribution < -0.4 is 0 Å². The van der Waals surface area contributed by atoms with Crippen LogP contribution >= 0.6 is 22.9 Å². The van der Waals surface area contributed by atoms with E-state index in [1.54, 1.807) is 11.3 Å².